The van der Waals surface area contributed by atoms with Gasteiger partial charge in [0.15, 0.2) is 0 Å². The van der Waals surface area contributed by atoms with Crippen molar-refractivity contribution in [3.05, 3.63) is 0 Å². The highest BCUT2D eigenvalue weighted by Gasteiger charge is 2.13. The lowest BCUT2D eigenvalue weighted by Crippen LogP contribution is -2.30. The molecule has 0 fully saturated rings. The van der Waals surface area contributed by atoms with Crippen molar-refractivity contribution in [1.82, 2.24) is 0 Å². The fourth-order valence-electron chi connectivity index (χ4n) is 0.823. The molecule has 0 aromatic heterocycles. The molecule has 0 saturated carbocycles. The van der Waals surface area contributed by atoms with E-state index in [0.717, 1.165) is 13.0 Å². The van der Waals surface area contributed by atoms with Crippen LogP contribution in [0.2, 0.25) is 0 Å². The highest BCUT2D eigenvalue weighted by Crippen LogP contribution is 2.14. The molecule has 0 heterocycles. The van der Waals surface area contributed by atoms with Crippen LogP contribution in [0.5, 0.6) is 0 Å². The predicted octanol–water partition coefficient (Wildman–Crippen LogP) is 0.725. The van der Waals surface area contributed by atoms with Gasteiger partial charge in [-0.2, -0.15) is 0 Å². The zero-order valence-electron chi connectivity index (χ0n) is 8.47. The third-order valence-electron chi connectivity index (χ3n) is 1.50. The fraction of sp³-hybridized carbons (Fsp3) is 1.00. The van der Waals surface area contributed by atoms with Crippen molar-refractivity contribution in [3.8, 4) is 0 Å². The van der Waals surface area contributed by atoms with Crippen molar-refractivity contribution in [2.75, 3.05) is 19.7 Å². The van der Waals surface area contributed by atoms with Crippen LogP contribution >= 0.6 is 0 Å². The third-order valence-corrected chi connectivity index (χ3v) is 1.50. The lowest BCUT2D eigenvalue weighted by molar-refractivity contribution is 0.0106. The summed E-state index contributed by atoms with van der Waals surface area (Å²) in [5.74, 6) is 0. The van der Waals surface area contributed by atoms with Crippen LogP contribution in [0.3, 0.4) is 0 Å². The lowest BCUT2D eigenvalue weighted by Gasteiger charge is -2.22. The Labute approximate surface area is 75.5 Å². The van der Waals surface area contributed by atoms with E-state index in [9.17, 15) is 0 Å². The smallest absolute Gasteiger partial charge is 0.0709 e. The van der Waals surface area contributed by atoms with Gasteiger partial charge < -0.3 is 16.2 Å². The minimum Gasteiger partial charge on any atom is -0.376 e. The average Bonchev–Trinajstić information content (AvgIpc) is 1.96. The van der Waals surface area contributed by atoms with E-state index in [1.807, 2.05) is 0 Å². The predicted molar refractivity (Wildman–Crippen MR) is 51.9 cm³/mol. The Balaban J connectivity index is 3.58. The Morgan fingerprint density at radius 3 is 2.17 bits per heavy atom. The van der Waals surface area contributed by atoms with Gasteiger partial charge in [-0.15, -0.1) is 0 Å². The molecule has 0 aliphatic heterocycles. The average molecular weight is 174 g/mol. The summed E-state index contributed by atoms with van der Waals surface area (Å²) in [7, 11) is 0. The largest absolute Gasteiger partial charge is 0.376 e. The van der Waals surface area contributed by atoms with Crippen LogP contribution in [0.15, 0.2) is 0 Å². The molecule has 0 spiro atoms. The van der Waals surface area contributed by atoms with Crippen molar-refractivity contribution in [2.45, 2.75) is 33.3 Å². The summed E-state index contributed by atoms with van der Waals surface area (Å²) in [4.78, 5) is 0. The van der Waals surface area contributed by atoms with Gasteiger partial charge in [-0.1, -0.05) is 20.8 Å². The summed E-state index contributed by atoms with van der Waals surface area (Å²) >= 11 is 0. The van der Waals surface area contributed by atoms with Crippen LogP contribution in [0.4, 0.5) is 0 Å². The first-order valence-electron chi connectivity index (χ1n) is 4.51. The van der Waals surface area contributed by atoms with Crippen molar-refractivity contribution < 1.29 is 4.74 Å². The molecule has 3 heteroatoms. The Morgan fingerprint density at radius 2 is 1.83 bits per heavy atom. The quantitative estimate of drug-likeness (QED) is 0.646. The summed E-state index contributed by atoms with van der Waals surface area (Å²) in [5.41, 5.74) is 11.1. The normalized spacial score (nSPS) is 14.8. The molecule has 4 N–H and O–H groups in total. The molecule has 0 bridgehead atoms. The van der Waals surface area contributed by atoms with Gasteiger partial charge in [-0.05, 0) is 18.4 Å². The van der Waals surface area contributed by atoms with Crippen LogP contribution in [-0.2, 0) is 4.74 Å². The van der Waals surface area contributed by atoms with Gasteiger partial charge in [0.2, 0.25) is 0 Å². The zero-order chi connectivity index (χ0) is 9.61. The first-order valence-corrected chi connectivity index (χ1v) is 4.51. The standard InChI is InChI=1S/C9H22N2O/c1-9(2,3)7-12-8(6-11)4-5-10/h8H,4-7,10-11H2,1-3H3/t8-/m1/s1. The molecule has 3 nitrogen and oxygen atoms in total. The maximum absolute atomic E-state index is 5.59. The molecule has 0 rings (SSSR count). The number of ether oxygens (including phenoxy) is 1. The van der Waals surface area contributed by atoms with E-state index in [-0.39, 0.29) is 11.5 Å². The van der Waals surface area contributed by atoms with Crippen molar-refractivity contribution in [2.24, 2.45) is 16.9 Å². The first-order chi connectivity index (χ1) is 5.49. The number of hydrogen-bond donors (Lipinski definition) is 2. The monoisotopic (exact) mass is 174 g/mol. The maximum Gasteiger partial charge on any atom is 0.0709 e. The molecule has 12 heavy (non-hydrogen) atoms. The Hall–Kier alpha value is -0.120. The number of rotatable bonds is 5. The molecular weight excluding hydrogens is 152 g/mol. The van der Waals surface area contributed by atoms with E-state index in [2.05, 4.69) is 20.8 Å². The summed E-state index contributed by atoms with van der Waals surface area (Å²) in [5, 5.41) is 0. The number of nitrogens with two attached hydrogens (primary N) is 2. The van der Waals surface area contributed by atoms with Crippen molar-refractivity contribution >= 4 is 0 Å². The molecular formula is C9H22N2O. The van der Waals surface area contributed by atoms with Gasteiger partial charge in [0.25, 0.3) is 0 Å². The molecule has 74 valence electrons. The van der Waals surface area contributed by atoms with E-state index in [1.165, 1.54) is 0 Å². The van der Waals surface area contributed by atoms with E-state index < -0.39 is 0 Å². The van der Waals surface area contributed by atoms with Gasteiger partial charge in [0.05, 0.1) is 12.7 Å². The molecule has 0 aromatic rings. The fourth-order valence-corrected chi connectivity index (χ4v) is 0.823. The summed E-state index contributed by atoms with van der Waals surface area (Å²) in [6, 6.07) is 0. The van der Waals surface area contributed by atoms with Gasteiger partial charge >= 0.3 is 0 Å². The lowest BCUT2D eigenvalue weighted by atomic mass is 9.98. The SMILES string of the molecule is CC(C)(C)CO[C@@H](CN)CCN. The highest BCUT2D eigenvalue weighted by atomic mass is 16.5. The van der Waals surface area contributed by atoms with Gasteiger partial charge in [-0.25, -0.2) is 0 Å². The highest BCUT2D eigenvalue weighted by molar-refractivity contribution is 4.64. The second kappa shape index (κ2) is 5.51. The molecule has 0 saturated heterocycles. The molecule has 0 aromatic carbocycles. The Kier molecular flexibility index (Phi) is 5.46. The first kappa shape index (κ1) is 11.9. The Bertz CT molecular complexity index is 110. The zero-order valence-corrected chi connectivity index (χ0v) is 8.47. The van der Waals surface area contributed by atoms with Gasteiger partial charge in [-0.3, -0.25) is 0 Å². The number of hydrogen-bond acceptors (Lipinski definition) is 3. The van der Waals surface area contributed by atoms with Crippen LogP contribution in [0.25, 0.3) is 0 Å². The van der Waals surface area contributed by atoms with E-state index in [4.69, 9.17) is 16.2 Å². The molecule has 1 atom stereocenters. The van der Waals surface area contributed by atoms with Crippen LogP contribution in [-0.4, -0.2) is 25.8 Å². The minimum atomic E-state index is 0.134. The minimum absolute atomic E-state index is 0.134. The van der Waals surface area contributed by atoms with Crippen LogP contribution in [0.1, 0.15) is 27.2 Å². The molecule has 0 unspecified atom stereocenters. The molecule has 0 radical (unpaired) electrons. The molecule has 0 aliphatic rings. The molecule has 0 aliphatic carbocycles. The van der Waals surface area contributed by atoms with Crippen molar-refractivity contribution in [1.29, 1.82) is 0 Å². The van der Waals surface area contributed by atoms with Crippen LogP contribution < -0.4 is 11.5 Å². The van der Waals surface area contributed by atoms with E-state index in [0.29, 0.717) is 13.1 Å². The topological polar surface area (TPSA) is 61.3 Å². The third kappa shape index (κ3) is 6.58. The van der Waals surface area contributed by atoms with E-state index >= 15 is 0 Å². The van der Waals surface area contributed by atoms with Crippen LogP contribution in [0, 0.1) is 5.41 Å². The second-order valence-electron chi connectivity index (χ2n) is 4.31. The Morgan fingerprint density at radius 1 is 1.25 bits per heavy atom. The van der Waals surface area contributed by atoms with Gasteiger partial charge in [0, 0.05) is 6.54 Å². The summed E-state index contributed by atoms with van der Waals surface area (Å²) < 4.78 is 5.59. The summed E-state index contributed by atoms with van der Waals surface area (Å²) in [6.07, 6.45) is 0.987. The second-order valence-corrected chi connectivity index (χ2v) is 4.31. The van der Waals surface area contributed by atoms with Gasteiger partial charge in [0.1, 0.15) is 0 Å². The molecule has 0 amide bonds. The van der Waals surface area contributed by atoms with E-state index in [1.54, 1.807) is 0 Å². The summed E-state index contributed by atoms with van der Waals surface area (Å²) in [6.45, 7) is 8.38. The maximum atomic E-state index is 5.59. The van der Waals surface area contributed by atoms with Crippen molar-refractivity contribution in [3.63, 3.8) is 0 Å².